The monoisotopic (exact) mass is 397 g/mol. The minimum absolute atomic E-state index is 0.0194. The number of sulfonamides is 1. The molecule has 0 amide bonds. The van der Waals surface area contributed by atoms with Crippen LogP contribution in [-0.4, -0.2) is 52.0 Å². The first kappa shape index (κ1) is 20.7. The molecule has 1 aromatic carbocycles. The Hall–Kier alpha value is -2.59. The molecule has 1 saturated heterocycles. The number of piperidine rings is 1. The Bertz CT molecular complexity index is 854. The number of hydrogen-bond acceptors (Lipinski definition) is 8. The summed E-state index contributed by atoms with van der Waals surface area (Å²) in [6, 6.07) is 2.70. The van der Waals surface area contributed by atoms with Gasteiger partial charge in [-0.05, 0) is 36.6 Å². The number of methoxy groups -OCH3 is 2. The van der Waals surface area contributed by atoms with Gasteiger partial charge in [0, 0.05) is 25.0 Å². The molecule has 9 nitrogen and oxygen atoms in total. The zero-order valence-corrected chi connectivity index (χ0v) is 15.7. The van der Waals surface area contributed by atoms with E-state index >= 15 is 0 Å². The summed E-state index contributed by atoms with van der Waals surface area (Å²) in [6.45, 7) is 0.0388. The summed E-state index contributed by atoms with van der Waals surface area (Å²) >= 11 is 0. The topological polar surface area (TPSA) is 136 Å². The molecule has 27 heavy (non-hydrogen) atoms. The van der Waals surface area contributed by atoms with Gasteiger partial charge in [-0.25, -0.2) is 8.42 Å². The van der Waals surface area contributed by atoms with Crippen LogP contribution < -0.4 is 19.7 Å². The molecule has 0 saturated carbocycles. The van der Waals surface area contributed by atoms with E-state index in [1.165, 1.54) is 32.4 Å². The second-order valence-corrected chi connectivity index (χ2v) is 7.81. The molecule has 148 valence electrons. The van der Waals surface area contributed by atoms with Gasteiger partial charge in [0.2, 0.25) is 10.0 Å². The fraction of sp³-hybridized carbons (Fsp3) is 0.412. The highest BCUT2D eigenvalue weighted by Crippen LogP contribution is 2.38. The number of nitrogens with zero attached hydrogens (tertiary/aromatic N) is 1. The van der Waals surface area contributed by atoms with E-state index < -0.39 is 27.9 Å². The van der Waals surface area contributed by atoms with E-state index in [4.69, 9.17) is 9.47 Å². The van der Waals surface area contributed by atoms with Crippen molar-refractivity contribution in [3.8, 4) is 11.5 Å². The van der Waals surface area contributed by atoms with Crippen LogP contribution in [0.15, 0.2) is 23.1 Å². The SMILES string of the molecule is COc1cc(/C=C/C(=O)[O-])cc(S(=O)(=O)N2CCC(C(=O)[O-])CC2)c1OC. The number of hydrogen-bond donors (Lipinski definition) is 0. The molecule has 1 aromatic rings. The zero-order chi connectivity index (χ0) is 20.2. The van der Waals surface area contributed by atoms with Crippen LogP contribution in [0.5, 0.6) is 11.5 Å². The van der Waals surface area contributed by atoms with E-state index in [9.17, 15) is 28.2 Å². The Labute approximate surface area is 156 Å². The van der Waals surface area contributed by atoms with Crippen LogP contribution in [-0.2, 0) is 19.6 Å². The Balaban J connectivity index is 2.46. The van der Waals surface area contributed by atoms with Gasteiger partial charge in [0.25, 0.3) is 0 Å². The summed E-state index contributed by atoms with van der Waals surface area (Å²) < 4.78 is 37.7. The van der Waals surface area contributed by atoms with Gasteiger partial charge in [-0.2, -0.15) is 4.31 Å². The Morgan fingerprint density at radius 3 is 2.26 bits per heavy atom. The third-order valence-corrected chi connectivity index (χ3v) is 6.19. The molecule has 0 bridgehead atoms. The molecule has 0 aliphatic carbocycles. The first-order chi connectivity index (χ1) is 12.7. The van der Waals surface area contributed by atoms with E-state index in [1.807, 2.05) is 0 Å². The van der Waals surface area contributed by atoms with Crippen molar-refractivity contribution < 1.29 is 37.7 Å². The van der Waals surface area contributed by atoms with Crippen molar-refractivity contribution in [1.82, 2.24) is 4.31 Å². The molecule has 1 heterocycles. The number of carbonyl (C=O) groups excluding carboxylic acids is 2. The van der Waals surface area contributed by atoms with Crippen LogP contribution in [0, 0.1) is 5.92 Å². The number of ether oxygens (including phenoxy) is 2. The third-order valence-electron chi connectivity index (χ3n) is 4.28. The van der Waals surface area contributed by atoms with Gasteiger partial charge in [-0.3, -0.25) is 0 Å². The van der Waals surface area contributed by atoms with Crippen LogP contribution in [0.2, 0.25) is 0 Å². The maximum Gasteiger partial charge on any atom is 0.246 e. The van der Waals surface area contributed by atoms with Crippen LogP contribution >= 0.6 is 0 Å². The molecular formula is C17H19NO8S-2. The molecule has 1 aliphatic heterocycles. The summed E-state index contributed by atoms with van der Waals surface area (Å²) in [5.74, 6) is -3.23. The number of carboxylic acids is 2. The zero-order valence-electron chi connectivity index (χ0n) is 14.8. The van der Waals surface area contributed by atoms with Gasteiger partial charge in [0.05, 0.1) is 20.2 Å². The highest BCUT2D eigenvalue weighted by molar-refractivity contribution is 7.89. The van der Waals surface area contributed by atoms with E-state index in [0.717, 1.165) is 10.4 Å². The van der Waals surface area contributed by atoms with E-state index in [2.05, 4.69) is 0 Å². The number of rotatable bonds is 7. The number of carboxylic acid groups (broad SMARTS) is 2. The summed E-state index contributed by atoms with van der Waals surface area (Å²) in [6.07, 6.45) is 2.23. The van der Waals surface area contributed by atoms with E-state index in [-0.39, 0.29) is 47.9 Å². The molecule has 0 unspecified atom stereocenters. The average molecular weight is 397 g/mol. The maximum absolute atomic E-state index is 13.1. The van der Waals surface area contributed by atoms with Crippen molar-refractivity contribution in [2.24, 2.45) is 5.92 Å². The lowest BCUT2D eigenvalue weighted by Crippen LogP contribution is -2.43. The standard InChI is InChI=1S/C17H21NO8S/c1-25-13-9-11(3-4-15(19)20)10-14(16(13)26-2)27(23,24)18-7-5-12(6-8-18)17(21)22/h3-4,9-10,12H,5-8H2,1-2H3,(H,19,20)(H,21,22)/p-2/b4-3+. The second kappa shape index (κ2) is 8.40. The fourth-order valence-corrected chi connectivity index (χ4v) is 4.55. The summed E-state index contributed by atoms with van der Waals surface area (Å²) in [5, 5.41) is 21.6. The lowest BCUT2D eigenvalue weighted by atomic mass is 9.99. The predicted molar refractivity (Wildman–Crippen MR) is 90.1 cm³/mol. The Kier molecular flexibility index (Phi) is 6.45. The molecule has 1 fully saturated rings. The first-order valence-electron chi connectivity index (χ1n) is 8.06. The second-order valence-electron chi connectivity index (χ2n) is 5.90. The molecule has 10 heteroatoms. The van der Waals surface area contributed by atoms with Crippen LogP contribution in [0.25, 0.3) is 6.08 Å². The summed E-state index contributed by atoms with van der Waals surface area (Å²) in [7, 11) is -1.42. The van der Waals surface area contributed by atoms with Crippen LogP contribution in [0.3, 0.4) is 0 Å². The first-order valence-corrected chi connectivity index (χ1v) is 9.50. The van der Waals surface area contributed by atoms with E-state index in [0.29, 0.717) is 0 Å². The van der Waals surface area contributed by atoms with Crippen LogP contribution in [0.1, 0.15) is 18.4 Å². The van der Waals surface area contributed by atoms with Crippen molar-refractivity contribution in [2.75, 3.05) is 27.3 Å². The largest absolute Gasteiger partial charge is 0.550 e. The lowest BCUT2D eigenvalue weighted by molar-refractivity contribution is -0.312. The third kappa shape index (κ3) is 4.58. The van der Waals surface area contributed by atoms with Gasteiger partial charge in [-0.1, -0.05) is 6.08 Å². The van der Waals surface area contributed by atoms with Crippen molar-refractivity contribution in [3.05, 3.63) is 23.8 Å². The molecular weight excluding hydrogens is 378 g/mol. The molecule has 0 radical (unpaired) electrons. The number of aliphatic carboxylic acids is 2. The Morgan fingerprint density at radius 1 is 1.15 bits per heavy atom. The van der Waals surface area contributed by atoms with Gasteiger partial charge < -0.3 is 29.3 Å². The average Bonchev–Trinajstić information content (AvgIpc) is 2.65. The number of benzene rings is 1. The van der Waals surface area contributed by atoms with Crippen molar-refractivity contribution >= 4 is 28.0 Å². The highest BCUT2D eigenvalue weighted by atomic mass is 32.2. The van der Waals surface area contributed by atoms with Crippen molar-refractivity contribution in [1.29, 1.82) is 0 Å². The van der Waals surface area contributed by atoms with Gasteiger partial charge in [-0.15, -0.1) is 0 Å². The maximum atomic E-state index is 13.1. The summed E-state index contributed by atoms with van der Waals surface area (Å²) in [4.78, 5) is 21.4. The molecule has 2 rings (SSSR count). The van der Waals surface area contributed by atoms with Gasteiger partial charge in [0.1, 0.15) is 4.90 Å². The highest BCUT2D eigenvalue weighted by Gasteiger charge is 2.33. The minimum atomic E-state index is -4.03. The number of carbonyl (C=O) groups is 2. The van der Waals surface area contributed by atoms with Gasteiger partial charge >= 0.3 is 0 Å². The normalized spacial score (nSPS) is 16.4. The molecule has 0 aromatic heterocycles. The van der Waals surface area contributed by atoms with E-state index in [1.54, 1.807) is 0 Å². The molecule has 1 aliphatic rings. The molecule has 0 N–H and O–H groups in total. The van der Waals surface area contributed by atoms with Crippen molar-refractivity contribution in [2.45, 2.75) is 17.7 Å². The lowest BCUT2D eigenvalue weighted by Gasteiger charge is -2.32. The fourth-order valence-electron chi connectivity index (χ4n) is 2.87. The van der Waals surface area contributed by atoms with Crippen molar-refractivity contribution in [3.63, 3.8) is 0 Å². The minimum Gasteiger partial charge on any atom is -0.550 e. The Morgan fingerprint density at radius 2 is 1.78 bits per heavy atom. The van der Waals surface area contributed by atoms with Crippen LogP contribution in [0.4, 0.5) is 0 Å². The quantitative estimate of drug-likeness (QED) is 0.513. The molecule has 0 spiro atoms. The smallest absolute Gasteiger partial charge is 0.246 e. The molecule has 0 atom stereocenters. The predicted octanol–water partition coefficient (Wildman–Crippen LogP) is -1.38. The summed E-state index contributed by atoms with van der Waals surface area (Å²) in [5.41, 5.74) is 0.264. The van der Waals surface area contributed by atoms with Gasteiger partial charge in [0.15, 0.2) is 11.5 Å².